The number of hydrogen-bond acceptors (Lipinski definition) is 2. The largest absolute Gasteiger partial charge is 0.337 e. The van der Waals surface area contributed by atoms with Gasteiger partial charge in [0.25, 0.3) is 0 Å². The van der Waals surface area contributed by atoms with E-state index >= 15 is 0 Å². The Kier molecular flexibility index (Phi) is 2.98. The second-order valence-corrected chi connectivity index (χ2v) is 2.36. The van der Waals surface area contributed by atoms with Crippen molar-refractivity contribution < 1.29 is 0 Å². The molecule has 1 aromatic rings. The molecule has 1 rings (SSSR count). The highest BCUT2D eigenvalue weighted by molar-refractivity contribution is 7.79. The molecule has 0 saturated heterocycles. The van der Waals surface area contributed by atoms with Gasteiger partial charge in [0.05, 0.1) is 5.49 Å². The summed E-state index contributed by atoms with van der Waals surface area (Å²) in [6.45, 7) is 2.09. The van der Waals surface area contributed by atoms with Gasteiger partial charge in [0.1, 0.15) is 5.82 Å². The fourth-order valence-electron chi connectivity index (χ4n) is 0.910. The Balaban J connectivity index is 2.92. The molecule has 58 valence electrons. The summed E-state index contributed by atoms with van der Waals surface area (Å²) in [6.07, 6.45) is 2.72. The standard InChI is InChI=1S/C8H10N2S/c1-2-7-4-3-5-9-8(7)10-6-11/h3-6H,2H2,1H3,(H,9,10,11). The molecule has 0 atom stereocenters. The molecular weight excluding hydrogens is 156 g/mol. The summed E-state index contributed by atoms with van der Waals surface area (Å²) in [6, 6.07) is 3.96. The van der Waals surface area contributed by atoms with E-state index in [1.165, 1.54) is 11.1 Å². The fraction of sp³-hybridized carbons (Fsp3) is 0.250. The van der Waals surface area contributed by atoms with Crippen LogP contribution in [0.3, 0.4) is 0 Å². The lowest BCUT2D eigenvalue weighted by molar-refractivity contribution is 1.11. The smallest absolute Gasteiger partial charge is 0.133 e. The maximum Gasteiger partial charge on any atom is 0.133 e. The van der Waals surface area contributed by atoms with E-state index in [0.29, 0.717) is 0 Å². The molecule has 1 aromatic heterocycles. The van der Waals surface area contributed by atoms with Gasteiger partial charge in [-0.2, -0.15) is 0 Å². The zero-order valence-corrected chi connectivity index (χ0v) is 7.19. The van der Waals surface area contributed by atoms with Crippen molar-refractivity contribution in [2.75, 3.05) is 5.32 Å². The number of nitrogens with one attached hydrogen (secondary N) is 1. The van der Waals surface area contributed by atoms with Crippen LogP contribution in [-0.2, 0) is 6.42 Å². The second kappa shape index (κ2) is 4.03. The summed E-state index contributed by atoms with van der Waals surface area (Å²) in [7, 11) is 0. The van der Waals surface area contributed by atoms with Gasteiger partial charge in [0, 0.05) is 6.20 Å². The summed E-state index contributed by atoms with van der Waals surface area (Å²) in [5.74, 6) is 0.866. The Bertz CT molecular complexity index is 248. The van der Waals surface area contributed by atoms with Gasteiger partial charge in [0.15, 0.2) is 0 Å². The molecule has 0 saturated carbocycles. The number of pyridine rings is 1. The van der Waals surface area contributed by atoms with Crippen molar-refractivity contribution in [3.8, 4) is 0 Å². The first kappa shape index (κ1) is 8.14. The van der Waals surface area contributed by atoms with Crippen molar-refractivity contribution in [3.63, 3.8) is 0 Å². The van der Waals surface area contributed by atoms with Gasteiger partial charge < -0.3 is 5.32 Å². The highest BCUT2D eigenvalue weighted by Crippen LogP contribution is 2.10. The third-order valence-electron chi connectivity index (χ3n) is 1.47. The van der Waals surface area contributed by atoms with Gasteiger partial charge in [-0.05, 0) is 18.1 Å². The van der Waals surface area contributed by atoms with E-state index in [2.05, 4.69) is 29.4 Å². The Morgan fingerprint density at radius 3 is 3.18 bits per heavy atom. The van der Waals surface area contributed by atoms with E-state index in [9.17, 15) is 0 Å². The minimum atomic E-state index is 0.866. The van der Waals surface area contributed by atoms with Crippen LogP contribution in [0.4, 0.5) is 5.82 Å². The SMILES string of the molecule is CCc1cccnc1NC=S. The predicted molar refractivity (Wildman–Crippen MR) is 50.9 cm³/mol. The van der Waals surface area contributed by atoms with E-state index in [4.69, 9.17) is 0 Å². The van der Waals surface area contributed by atoms with Crippen LogP contribution in [0.1, 0.15) is 12.5 Å². The molecule has 0 aromatic carbocycles. The topological polar surface area (TPSA) is 24.9 Å². The molecule has 1 heterocycles. The first-order valence-electron chi connectivity index (χ1n) is 3.52. The van der Waals surface area contributed by atoms with Crippen molar-refractivity contribution >= 4 is 23.5 Å². The fourth-order valence-corrected chi connectivity index (χ4v) is 1.02. The van der Waals surface area contributed by atoms with Gasteiger partial charge in [-0.15, -0.1) is 0 Å². The normalized spacial score (nSPS) is 9.18. The highest BCUT2D eigenvalue weighted by Gasteiger charge is 1.96. The maximum atomic E-state index is 4.67. The van der Waals surface area contributed by atoms with E-state index in [1.54, 1.807) is 6.20 Å². The first-order chi connectivity index (χ1) is 5.38. The van der Waals surface area contributed by atoms with Crippen LogP contribution in [0.5, 0.6) is 0 Å². The molecule has 0 aliphatic heterocycles. The van der Waals surface area contributed by atoms with E-state index in [-0.39, 0.29) is 0 Å². The Morgan fingerprint density at radius 2 is 2.55 bits per heavy atom. The van der Waals surface area contributed by atoms with Crippen molar-refractivity contribution in [3.05, 3.63) is 23.9 Å². The van der Waals surface area contributed by atoms with Gasteiger partial charge in [0.2, 0.25) is 0 Å². The number of hydrogen-bond donors (Lipinski definition) is 1. The van der Waals surface area contributed by atoms with Gasteiger partial charge >= 0.3 is 0 Å². The first-order valence-corrected chi connectivity index (χ1v) is 3.99. The molecule has 0 aliphatic rings. The number of thiocarbonyl (C=S) groups is 1. The van der Waals surface area contributed by atoms with Crippen LogP contribution in [0.25, 0.3) is 0 Å². The van der Waals surface area contributed by atoms with Gasteiger partial charge in [-0.1, -0.05) is 25.2 Å². The van der Waals surface area contributed by atoms with Crippen LogP contribution >= 0.6 is 12.2 Å². The van der Waals surface area contributed by atoms with Crippen LogP contribution in [-0.4, -0.2) is 10.5 Å². The summed E-state index contributed by atoms with van der Waals surface area (Å²) < 4.78 is 0. The monoisotopic (exact) mass is 166 g/mol. The maximum absolute atomic E-state index is 4.67. The van der Waals surface area contributed by atoms with E-state index in [0.717, 1.165) is 12.2 Å². The van der Waals surface area contributed by atoms with E-state index < -0.39 is 0 Å². The third-order valence-corrected chi connectivity index (χ3v) is 1.59. The number of aromatic nitrogens is 1. The van der Waals surface area contributed by atoms with E-state index in [1.807, 2.05) is 12.1 Å². The third kappa shape index (κ3) is 1.98. The number of aryl methyl sites for hydroxylation is 1. The predicted octanol–water partition coefficient (Wildman–Crippen LogP) is 2.01. The Morgan fingerprint density at radius 1 is 1.73 bits per heavy atom. The van der Waals surface area contributed by atoms with Crippen molar-refractivity contribution in [2.24, 2.45) is 0 Å². The second-order valence-electron chi connectivity index (χ2n) is 2.13. The molecule has 0 spiro atoms. The summed E-state index contributed by atoms with van der Waals surface area (Å²) in [5, 5.41) is 2.91. The zero-order valence-electron chi connectivity index (χ0n) is 6.37. The lowest BCUT2D eigenvalue weighted by Gasteiger charge is -2.03. The molecular formula is C8H10N2S. The molecule has 11 heavy (non-hydrogen) atoms. The van der Waals surface area contributed by atoms with Crippen LogP contribution in [0.2, 0.25) is 0 Å². The lowest BCUT2D eigenvalue weighted by atomic mass is 10.2. The summed E-state index contributed by atoms with van der Waals surface area (Å²) >= 11 is 4.67. The van der Waals surface area contributed by atoms with Crippen molar-refractivity contribution in [1.29, 1.82) is 0 Å². The van der Waals surface area contributed by atoms with Gasteiger partial charge in [-0.3, -0.25) is 0 Å². The Labute approximate surface area is 71.7 Å². The summed E-state index contributed by atoms with van der Waals surface area (Å²) in [4.78, 5) is 4.13. The molecule has 2 nitrogen and oxygen atoms in total. The minimum absolute atomic E-state index is 0.866. The molecule has 0 radical (unpaired) electrons. The molecule has 0 aliphatic carbocycles. The average molecular weight is 166 g/mol. The van der Waals surface area contributed by atoms with Crippen molar-refractivity contribution in [1.82, 2.24) is 4.98 Å². The molecule has 0 amide bonds. The van der Waals surface area contributed by atoms with Crippen LogP contribution < -0.4 is 5.32 Å². The minimum Gasteiger partial charge on any atom is -0.337 e. The number of rotatable bonds is 3. The number of nitrogens with zero attached hydrogens (tertiary/aromatic N) is 1. The highest BCUT2D eigenvalue weighted by atomic mass is 32.1. The van der Waals surface area contributed by atoms with Crippen LogP contribution in [0, 0.1) is 0 Å². The molecule has 0 unspecified atom stereocenters. The molecule has 0 bridgehead atoms. The van der Waals surface area contributed by atoms with Gasteiger partial charge in [-0.25, -0.2) is 4.98 Å². The quantitative estimate of drug-likeness (QED) is 0.695. The van der Waals surface area contributed by atoms with Crippen molar-refractivity contribution in [2.45, 2.75) is 13.3 Å². The molecule has 1 N–H and O–H groups in total. The zero-order chi connectivity index (χ0) is 8.10. The molecule has 0 fully saturated rings. The Hall–Kier alpha value is -0.960. The number of anilines is 1. The van der Waals surface area contributed by atoms with Crippen LogP contribution in [0.15, 0.2) is 18.3 Å². The average Bonchev–Trinajstić information content (AvgIpc) is 2.06. The molecule has 3 heteroatoms. The summed E-state index contributed by atoms with van der Waals surface area (Å²) in [5.41, 5.74) is 2.66. The lowest BCUT2D eigenvalue weighted by Crippen LogP contribution is -1.98.